The lowest BCUT2D eigenvalue weighted by Crippen LogP contribution is -2.29. The molecule has 0 radical (unpaired) electrons. The van der Waals surface area contributed by atoms with Gasteiger partial charge in [0.1, 0.15) is 11.5 Å². The Kier molecular flexibility index (Phi) is 7.09. The maximum Gasteiger partial charge on any atom is 0.354 e. The van der Waals surface area contributed by atoms with E-state index in [-0.39, 0.29) is 50.3 Å². The van der Waals surface area contributed by atoms with E-state index in [0.717, 1.165) is 15.5 Å². The average Bonchev–Trinajstić information content (AvgIpc) is 3.20. The van der Waals surface area contributed by atoms with E-state index in [1.165, 1.54) is 45.4 Å². The third-order valence-corrected chi connectivity index (χ3v) is 6.22. The van der Waals surface area contributed by atoms with Crippen molar-refractivity contribution in [3.8, 4) is 17.2 Å². The molecular formula is C25H21ClF2N4O6. The minimum atomic E-state index is -1.30. The number of H-pyrrole nitrogens is 1. The van der Waals surface area contributed by atoms with Gasteiger partial charge < -0.3 is 24.5 Å². The third kappa shape index (κ3) is 4.54. The number of methoxy groups -OCH3 is 2. The van der Waals surface area contributed by atoms with Gasteiger partial charge in [0, 0.05) is 13.0 Å². The number of carbonyl (C=O) groups is 2. The van der Waals surface area contributed by atoms with Gasteiger partial charge in [0.25, 0.3) is 0 Å². The summed E-state index contributed by atoms with van der Waals surface area (Å²) < 4.78 is 40.4. The average molecular weight is 547 g/mol. The molecule has 198 valence electrons. The van der Waals surface area contributed by atoms with E-state index in [1.807, 2.05) is 0 Å². The number of rotatable bonds is 7. The first-order chi connectivity index (χ1) is 18.0. The number of amides is 1. The Balaban J connectivity index is 1.97. The van der Waals surface area contributed by atoms with Gasteiger partial charge in [-0.15, -0.1) is 0 Å². The number of carbonyl (C=O) groups excluding carboxylic acids is 1. The number of pyridine rings is 1. The van der Waals surface area contributed by atoms with E-state index in [9.17, 15) is 28.3 Å². The molecule has 2 aromatic heterocycles. The van der Waals surface area contributed by atoms with Crippen LogP contribution in [0.25, 0.3) is 16.9 Å². The van der Waals surface area contributed by atoms with Gasteiger partial charge >= 0.3 is 11.7 Å². The molecule has 13 heteroatoms. The second-order valence-electron chi connectivity index (χ2n) is 8.22. The molecule has 1 amide bonds. The van der Waals surface area contributed by atoms with Crippen molar-refractivity contribution >= 4 is 40.3 Å². The second kappa shape index (κ2) is 10.1. The maximum atomic E-state index is 14.8. The van der Waals surface area contributed by atoms with E-state index < -0.39 is 35.7 Å². The van der Waals surface area contributed by atoms with Crippen LogP contribution in [0, 0.1) is 18.6 Å². The van der Waals surface area contributed by atoms with E-state index in [0.29, 0.717) is 5.56 Å². The Labute approximate surface area is 219 Å². The van der Waals surface area contributed by atoms with Crippen LogP contribution in [-0.4, -0.2) is 45.7 Å². The number of carboxylic acid groups (broad SMARTS) is 1. The predicted molar refractivity (Wildman–Crippen MR) is 135 cm³/mol. The number of halogens is 3. The second-order valence-corrected chi connectivity index (χ2v) is 8.62. The van der Waals surface area contributed by atoms with Crippen molar-refractivity contribution in [1.82, 2.24) is 14.5 Å². The van der Waals surface area contributed by atoms with Crippen LogP contribution in [0.4, 0.5) is 14.5 Å². The number of fused-ring (bicyclic) bond motifs is 1. The molecule has 2 aromatic carbocycles. The molecule has 4 rings (SSSR count). The Morgan fingerprint density at radius 2 is 1.84 bits per heavy atom. The van der Waals surface area contributed by atoms with Crippen molar-refractivity contribution in [2.45, 2.75) is 20.4 Å². The maximum absolute atomic E-state index is 14.8. The van der Waals surface area contributed by atoms with Gasteiger partial charge in [-0.2, -0.15) is 0 Å². The summed E-state index contributed by atoms with van der Waals surface area (Å²) in [5, 5.41) is 9.45. The number of aryl methyl sites for hydroxylation is 1. The summed E-state index contributed by atoms with van der Waals surface area (Å²) in [6.07, 6.45) is 0. The predicted octanol–water partition coefficient (Wildman–Crippen LogP) is 4.22. The van der Waals surface area contributed by atoms with Gasteiger partial charge in [-0.3, -0.25) is 4.79 Å². The highest BCUT2D eigenvalue weighted by atomic mass is 35.5. The van der Waals surface area contributed by atoms with Crippen LogP contribution in [0.2, 0.25) is 5.02 Å². The number of hydrogen-bond donors (Lipinski definition) is 2. The van der Waals surface area contributed by atoms with Gasteiger partial charge in [0.2, 0.25) is 5.91 Å². The van der Waals surface area contributed by atoms with Gasteiger partial charge in [0.15, 0.2) is 23.0 Å². The van der Waals surface area contributed by atoms with E-state index >= 15 is 0 Å². The topological polar surface area (TPSA) is 127 Å². The Morgan fingerprint density at radius 1 is 1.16 bits per heavy atom. The van der Waals surface area contributed by atoms with Gasteiger partial charge in [-0.05, 0) is 36.8 Å². The first kappa shape index (κ1) is 26.6. The van der Waals surface area contributed by atoms with Crippen LogP contribution in [0.15, 0.2) is 35.1 Å². The number of nitrogens with one attached hydrogen (secondary N) is 1. The van der Waals surface area contributed by atoms with Crippen LogP contribution in [-0.2, 0) is 11.3 Å². The van der Waals surface area contributed by atoms with Crippen LogP contribution in [0.1, 0.15) is 28.5 Å². The fraction of sp³-hybridized carbons (Fsp3) is 0.200. The fourth-order valence-corrected chi connectivity index (χ4v) is 4.32. The number of carboxylic acids is 1. The lowest BCUT2D eigenvalue weighted by atomic mass is 10.1. The van der Waals surface area contributed by atoms with Crippen molar-refractivity contribution < 1.29 is 33.0 Å². The number of benzene rings is 2. The fourth-order valence-electron chi connectivity index (χ4n) is 4.08. The zero-order chi connectivity index (χ0) is 27.9. The van der Waals surface area contributed by atoms with Crippen molar-refractivity contribution in [3.63, 3.8) is 0 Å². The molecule has 2 N–H and O–H groups in total. The molecule has 38 heavy (non-hydrogen) atoms. The van der Waals surface area contributed by atoms with Gasteiger partial charge in [0.05, 0.1) is 48.2 Å². The summed E-state index contributed by atoms with van der Waals surface area (Å²) in [7, 11) is 2.59. The molecule has 4 aromatic rings. The molecule has 0 saturated carbocycles. The van der Waals surface area contributed by atoms with E-state index in [1.54, 1.807) is 6.92 Å². The van der Waals surface area contributed by atoms with Crippen LogP contribution >= 0.6 is 11.6 Å². The number of aromatic nitrogens is 3. The molecule has 0 atom stereocenters. The van der Waals surface area contributed by atoms with Crippen LogP contribution in [0.3, 0.4) is 0 Å². The Hall–Kier alpha value is -4.45. The van der Waals surface area contributed by atoms with E-state index in [4.69, 9.17) is 21.1 Å². The summed E-state index contributed by atoms with van der Waals surface area (Å²) in [4.78, 5) is 45.2. The molecule has 10 nitrogen and oxygen atoms in total. The third-order valence-electron chi connectivity index (χ3n) is 5.91. The highest BCUT2D eigenvalue weighted by Crippen LogP contribution is 2.38. The van der Waals surface area contributed by atoms with Crippen molar-refractivity contribution in [1.29, 1.82) is 0 Å². The largest absolute Gasteiger partial charge is 0.496 e. The number of ether oxygens (including phenoxy) is 2. The molecule has 0 aliphatic carbocycles. The zero-order valence-corrected chi connectivity index (χ0v) is 21.3. The molecule has 0 unspecified atom stereocenters. The summed E-state index contributed by atoms with van der Waals surface area (Å²) in [6, 6.07) is 6.12. The lowest BCUT2D eigenvalue weighted by Gasteiger charge is -2.25. The first-order valence-corrected chi connectivity index (χ1v) is 11.4. The molecule has 0 bridgehead atoms. The quantitative estimate of drug-likeness (QED) is 0.355. The smallest absolute Gasteiger partial charge is 0.354 e. The molecule has 0 spiro atoms. The monoisotopic (exact) mass is 546 g/mol. The zero-order valence-electron chi connectivity index (χ0n) is 20.6. The molecule has 2 heterocycles. The van der Waals surface area contributed by atoms with Crippen molar-refractivity contribution in [2.75, 3.05) is 19.1 Å². The minimum absolute atomic E-state index is 0.00630. The number of imidazole rings is 1. The highest BCUT2D eigenvalue weighted by molar-refractivity contribution is 6.32. The minimum Gasteiger partial charge on any atom is -0.496 e. The number of nitrogens with zero attached hydrogens (tertiary/aromatic N) is 3. The SMILES string of the molecule is COc1cc(Cl)c(-n2c(=O)[nH]c3c(C)cc(C(=O)O)nc32)cc1N(Cc1c(OC)ccc(F)c1F)C(C)=O. The summed E-state index contributed by atoms with van der Waals surface area (Å²) in [5.41, 5.74) is -0.388. The number of anilines is 1. The van der Waals surface area contributed by atoms with Gasteiger partial charge in [-0.1, -0.05) is 11.6 Å². The highest BCUT2D eigenvalue weighted by Gasteiger charge is 2.26. The summed E-state index contributed by atoms with van der Waals surface area (Å²) in [5.74, 6) is -4.10. The number of aromatic amines is 1. The van der Waals surface area contributed by atoms with Gasteiger partial charge in [-0.25, -0.2) is 27.9 Å². The molecule has 0 fully saturated rings. The molecular weight excluding hydrogens is 526 g/mol. The first-order valence-electron chi connectivity index (χ1n) is 11.0. The Bertz CT molecular complexity index is 1670. The van der Waals surface area contributed by atoms with Crippen LogP contribution < -0.4 is 20.1 Å². The normalized spacial score (nSPS) is 11.0. The van der Waals surface area contributed by atoms with E-state index in [2.05, 4.69) is 9.97 Å². The number of hydrogen-bond acceptors (Lipinski definition) is 6. The number of aromatic carboxylic acids is 1. The molecule has 0 aliphatic rings. The van der Waals surface area contributed by atoms with Crippen molar-refractivity contribution in [2.24, 2.45) is 0 Å². The lowest BCUT2D eigenvalue weighted by molar-refractivity contribution is -0.116. The summed E-state index contributed by atoms with van der Waals surface area (Å²) in [6.45, 7) is 2.36. The van der Waals surface area contributed by atoms with Crippen LogP contribution in [0.5, 0.6) is 11.5 Å². The Morgan fingerprint density at radius 3 is 2.45 bits per heavy atom. The molecule has 0 aliphatic heterocycles. The van der Waals surface area contributed by atoms with Crippen molar-refractivity contribution in [3.05, 3.63) is 74.3 Å². The standard InChI is InChI=1S/C25H21ClF2N4O6/c1-11-7-16(24(34)35)29-23-22(11)30-25(36)32(23)17-9-18(20(38-4)8-14(17)26)31(12(2)33)10-13-19(37-3)6-5-15(27)21(13)28/h5-9H,10H2,1-4H3,(H,30,36)(H,34,35). The molecule has 0 saturated heterocycles. The summed E-state index contributed by atoms with van der Waals surface area (Å²) >= 11 is 6.49.